The Morgan fingerprint density at radius 3 is 2.00 bits per heavy atom. The fourth-order valence-corrected chi connectivity index (χ4v) is 1.49. The van der Waals surface area contributed by atoms with Crippen LogP contribution in [0.3, 0.4) is 0 Å². The quantitative estimate of drug-likeness (QED) is 0.502. The standard InChI is InChI=1S/C15H30O3/c1-13(2)15(16)12-17-10-8-6-5-7-9-11-18-14(3)4/h13-14H,5-12H2,1-4H3. The third-order valence-electron chi connectivity index (χ3n) is 2.77. The molecular weight excluding hydrogens is 228 g/mol. The molecule has 0 spiro atoms. The number of hydrogen-bond donors (Lipinski definition) is 0. The van der Waals surface area contributed by atoms with Gasteiger partial charge in [0.15, 0.2) is 5.78 Å². The van der Waals surface area contributed by atoms with Crippen molar-refractivity contribution in [2.45, 2.75) is 65.9 Å². The summed E-state index contributed by atoms with van der Waals surface area (Å²) < 4.78 is 10.8. The van der Waals surface area contributed by atoms with E-state index in [0.717, 1.165) is 19.4 Å². The number of ether oxygens (including phenoxy) is 2. The van der Waals surface area contributed by atoms with Gasteiger partial charge in [0, 0.05) is 19.1 Å². The van der Waals surface area contributed by atoms with Crippen LogP contribution in [0.25, 0.3) is 0 Å². The van der Waals surface area contributed by atoms with Gasteiger partial charge in [0.25, 0.3) is 0 Å². The van der Waals surface area contributed by atoms with Crippen molar-refractivity contribution in [2.24, 2.45) is 5.92 Å². The summed E-state index contributed by atoms with van der Waals surface area (Å²) >= 11 is 0. The Morgan fingerprint density at radius 2 is 1.44 bits per heavy atom. The molecule has 108 valence electrons. The summed E-state index contributed by atoms with van der Waals surface area (Å²) in [6.45, 7) is 9.80. The molecular formula is C15H30O3. The van der Waals surface area contributed by atoms with Gasteiger partial charge in [0.2, 0.25) is 0 Å². The van der Waals surface area contributed by atoms with Crippen LogP contribution < -0.4 is 0 Å². The molecule has 0 aliphatic heterocycles. The molecule has 0 aromatic carbocycles. The van der Waals surface area contributed by atoms with Crippen molar-refractivity contribution < 1.29 is 14.3 Å². The molecule has 0 N–H and O–H groups in total. The summed E-state index contributed by atoms with van der Waals surface area (Å²) in [5.74, 6) is 0.284. The normalized spacial score (nSPS) is 11.4. The van der Waals surface area contributed by atoms with Crippen LogP contribution in [0.2, 0.25) is 0 Å². The Balaban J connectivity index is 3.10. The first-order chi connectivity index (χ1) is 8.54. The number of hydrogen-bond acceptors (Lipinski definition) is 3. The van der Waals surface area contributed by atoms with Gasteiger partial charge in [-0.2, -0.15) is 0 Å². The lowest BCUT2D eigenvalue weighted by atomic mass is 10.1. The lowest BCUT2D eigenvalue weighted by molar-refractivity contribution is -0.126. The Hall–Kier alpha value is -0.410. The molecule has 0 aromatic heterocycles. The predicted octanol–water partition coefficient (Wildman–Crippen LogP) is 3.60. The monoisotopic (exact) mass is 258 g/mol. The number of carbonyl (C=O) groups excluding carboxylic acids is 1. The van der Waals surface area contributed by atoms with E-state index in [2.05, 4.69) is 13.8 Å². The molecule has 0 rings (SSSR count). The molecule has 3 nitrogen and oxygen atoms in total. The van der Waals surface area contributed by atoms with Crippen molar-refractivity contribution in [3.63, 3.8) is 0 Å². The molecule has 0 fully saturated rings. The van der Waals surface area contributed by atoms with Gasteiger partial charge in [-0.15, -0.1) is 0 Å². The molecule has 0 amide bonds. The topological polar surface area (TPSA) is 35.5 Å². The van der Waals surface area contributed by atoms with Crippen LogP contribution in [-0.4, -0.2) is 31.7 Å². The van der Waals surface area contributed by atoms with Crippen molar-refractivity contribution in [1.82, 2.24) is 0 Å². The minimum Gasteiger partial charge on any atom is -0.379 e. The molecule has 0 atom stereocenters. The SMILES string of the molecule is CC(C)OCCCCCCCOCC(=O)C(C)C. The first-order valence-electron chi connectivity index (χ1n) is 7.26. The molecule has 0 unspecified atom stereocenters. The minimum atomic E-state index is 0.0888. The van der Waals surface area contributed by atoms with E-state index >= 15 is 0 Å². The number of rotatable bonds is 12. The highest BCUT2D eigenvalue weighted by Gasteiger charge is 2.06. The fraction of sp³-hybridized carbons (Fsp3) is 0.933. The highest BCUT2D eigenvalue weighted by atomic mass is 16.5. The van der Waals surface area contributed by atoms with Gasteiger partial charge >= 0.3 is 0 Å². The van der Waals surface area contributed by atoms with E-state index in [9.17, 15) is 4.79 Å². The maximum atomic E-state index is 11.3. The van der Waals surface area contributed by atoms with E-state index < -0.39 is 0 Å². The third kappa shape index (κ3) is 12.1. The van der Waals surface area contributed by atoms with Crippen LogP contribution >= 0.6 is 0 Å². The lowest BCUT2D eigenvalue weighted by Gasteiger charge is -2.07. The van der Waals surface area contributed by atoms with Gasteiger partial charge in [-0.25, -0.2) is 0 Å². The van der Waals surface area contributed by atoms with Crippen molar-refractivity contribution in [3.05, 3.63) is 0 Å². The van der Waals surface area contributed by atoms with Crippen molar-refractivity contribution in [3.8, 4) is 0 Å². The summed E-state index contributed by atoms with van der Waals surface area (Å²) in [6.07, 6.45) is 6.16. The zero-order chi connectivity index (χ0) is 13.8. The van der Waals surface area contributed by atoms with E-state index in [1.165, 1.54) is 19.3 Å². The lowest BCUT2D eigenvalue weighted by Crippen LogP contribution is -2.15. The molecule has 18 heavy (non-hydrogen) atoms. The molecule has 0 heterocycles. The smallest absolute Gasteiger partial charge is 0.160 e. The summed E-state index contributed by atoms with van der Waals surface area (Å²) in [6, 6.07) is 0. The second kappa shape index (κ2) is 11.7. The van der Waals surface area contributed by atoms with Gasteiger partial charge in [-0.05, 0) is 26.7 Å². The Bertz CT molecular complexity index is 200. The van der Waals surface area contributed by atoms with E-state index in [0.29, 0.717) is 12.7 Å². The second-order valence-corrected chi connectivity index (χ2v) is 5.36. The zero-order valence-electron chi connectivity index (χ0n) is 12.5. The van der Waals surface area contributed by atoms with Gasteiger partial charge < -0.3 is 9.47 Å². The number of ketones is 1. The van der Waals surface area contributed by atoms with Crippen LogP contribution in [0.15, 0.2) is 0 Å². The van der Waals surface area contributed by atoms with Crippen LogP contribution in [0, 0.1) is 5.92 Å². The van der Waals surface area contributed by atoms with Gasteiger partial charge in [0.1, 0.15) is 6.61 Å². The first kappa shape index (κ1) is 17.6. The van der Waals surface area contributed by atoms with Crippen LogP contribution in [0.4, 0.5) is 0 Å². The van der Waals surface area contributed by atoms with Crippen molar-refractivity contribution in [2.75, 3.05) is 19.8 Å². The zero-order valence-corrected chi connectivity index (χ0v) is 12.5. The van der Waals surface area contributed by atoms with Gasteiger partial charge in [-0.3, -0.25) is 4.79 Å². The van der Waals surface area contributed by atoms with E-state index in [4.69, 9.17) is 9.47 Å². The minimum absolute atomic E-state index is 0.0888. The van der Waals surface area contributed by atoms with Crippen molar-refractivity contribution >= 4 is 5.78 Å². The van der Waals surface area contributed by atoms with Crippen LogP contribution in [0.5, 0.6) is 0 Å². The summed E-state index contributed by atoms with van der Waals surface area (Å²) in [7, 11) is 0. The second-order valence-electron chi connectivity index (χ2n) is 5.36. The summed E-state index contributed by atoms with van der Waals surface area (Å²) in [4.78, 5) is 11.3. The molecule has 0 bridgehead atoms. The maximum absolute atomic E-state index is 11.3. The van der Waals surface area contributed by atoms with E-state index in [1.54, 1.807) is 0 Å². The molecule has 0 radical (unpaired) electrons. The van der Waals surface area contributed by atoms with Crippen molar-refractivity contribution in [1.29, 1.82) is 0 Å². The average Bonchev–Trinajstić information content (AvgIpc) is 2.30. The highest BCUT2D eigenvalue weighted by molar-refractivity contribution is 5.81. The fourth-order valence-electron chi connectivity index (χ4n) is 1.49. The van der Waals surface area contributed by atoms with Crippen LogP contribution in [-0.2, 0) is 14.3 Å². The largest absolute Gasteiger partial charge is 0.379 e. The Morgan fingerprint density at radius 1 is 0.889 bits per heavy atom. The summed E-state index contributed by atoms with van der Waals surface area (Å²) in [5.41, 5.74) is 0. The Labute approximate surface area is 112 Å². The number of Topliss-reactive ketones (excluding diaryl/α,β-unsaturated/α-hetero) is 1. The summed E-state index contributed by atoms with van der Waals surface area (Å²) in [5, 5.41) is 0. The van der Waals surface area contributed by atoms with E-state index in [1.807, 2.05) is 13.8 Å². The number of carbonyl (C=O) groups is 1. The highest BCUT2D eigenvalue weighted by Crippen LogP contribution is 2.04. The molecule has 0 aliphatic rings. The van der Waals surface area contributed by atoms with Gasteiger partial charge in [-0.1, -0.05) is 33.1 Å². The van der Waals surface area contributed by atoms with Gasteiger partial charge in [0.05, 0.1) is 6.10 Å². The molecule has 0 saturated carbocycles. The predicted molar refractivity (Wildman–Crippen MR) is 74.8 cm³/mol. The molecule has 0 aliphatic carbocycles. The third-order valence-corrected chi connectivity index (χ3v) is 2.77. The maximum Gasteiger partial charge on any atom is 0.160 e. The molecule has 0 aromatic rings. The first-order valence-corrected chi connectivity index (χ1v) is 7.26. The van der Waals surface area contributed by atoms with E-state index in [-0.39, 0.29) is 18.3 Å². The number of unbranched alkanes of at least 4 members (excludes halogenated alkanes) is 4. The molecule has 0 saturated heterocycles. The average molecular weight is 258 g/mol. The Kier molecular flexibility index (Phi) is 11.4. The van der Waals surface area contributed by atoms with Crippen LogP contribution in [0.1, 0.15) is 59.8 Å². The molecule has 3 heteroatoms.